The molecule has 1 N–H and O–H groups in total. The fraction of sp³-hybridized carbons (Fsp3) is 1.00. The summed E-state index contributed by atoms with van der Waals surface area (Å²) in [5.74, 6) is 1.75. The van der Waals surface area contributed by atoms with Gasteiger partial charge in [0.05, 0.1) is 6.10 Å². The van der Waals surface area contributed by atoms with E-state index in [-0.39, 0.29) is 0 Å². The van der Waals surface area contributed by atoms with Crippen LogP contribution in [0.3, 0.4) is 0 Å². The van der Waals surface area contributed by atoms with Crippen molar-refractivity contribution in [2.45, 2.75) is 32.3 Å². The summed E-state index contributed by atoms with van der Waals surface area (Å²) < 4.78 is 5.60. The molecule has 0 amide bonds. The molecule has 0 spiro atoms. The molecule has 0 aromatic heterocycles. The second kappa shape index (κ2) is 3.75. The van der Waals surface area contributed by atoms with Gasteiger partial charge in [-0.1, -0.05) is 6.92 Å². The third kappa shape index (κ3) is 2.20. The van der Waals surface area contributed by atoms with E-state index in [1.165, 1.54) is 25.8 Å². The van der Waals surface area contributed by atoms with Crippen LogP contribution in [-0.4, -0.2) is 25.8 Å². The van der Waals surface area contributed by atoms with Crippen LogP contribution in [0.25, 0.3) is 0 Å². The van der Waals surface area contributed by atoms with E-state index < -0.39 is 0 Å². The average Bonchev–Trinajstić information content (AvgIpc) is 2.78. The summed E-state index contributed by atoms with van der Waals surface area (Å²) in [7, 11) is 0. The normalized spacial score (nSPS) is 35.8. The molecule has 2 heteroatoms. The summed E-state index contributed by atoms with van der Waals surface area (Å²) in [6, 6.07) is 0. The van der Waals surface area contributed by atoms with Gasteiger partial charge < -0.3 is 10.1 Å². The van der Waals surface area contributed by atoms with Crippen molar-refractivity contribution in [3.05, 3.63) is 0 Å². The fourth-order valence-corrected chi connectivity index (χ4v) is 1.77. The van der Waals surface area contributed by atoms with Gasteiger partial charge in [-0.15, -0.1) is 0 Å². The maximum Gasteiger partial charge on any atom is 0.0725 e. The first kappa shape index (κ1) is 8.52. The number of ether oxygens (including phenoxy) is 1. The standard InChI is InChI=1S/C10H19NO/c1-8-4-5-12-10(8)7-11-6-9-2-3-9/h8-11H,2-7H2,1H3. The van der Waals surface area contributed by atoms with Crippen molar-refractivity contribution in [3.63, 3.8) is 0 Å². The van der Waals surface area contributed by atoms with Gasteiger partial charge in [0, 0.05) is 13.2 Å². The van der Waals surface area contributed by atoms with Crippen LogP contribution in [0.1, 0.15) is 26.2 Å². The van der Waals surface area contributed by atoms with Gasteiger partial charge in [-0.25, -0.2) is 0 Å². The Balaban J connectivity index is 1.58. The first-order valence-electron chi connectivity index (χ1n) is 5.18. The van der Waals surface area contributed by atoms with Gasteiger partial charge in [0.15, 0.2) is 0 Å². The summed E-state index contributed by atoms with van der Waals surface area (Å²) in [5, 5.41) is 3.49. The molecule has 0 radical (unpaired) electrons. The van der Waals surface area contributed by atoms with Crippen LogP contribution >= 0.6 is 0 Å². The van der Waals surface area contributed by atoms with Crippen molar-refractivity contribution in [2.75, 3.05) is 19.7 Å². The van der Waals surface area contributed by atoms with Gasteiger partial charge in [0.1, 0.15) is 0 Å². The molecule has 0 aromatic rings. The van der Waals surface area contributed by atoms with Crippen LogP contribution in [0, 0.1) is 11.8 Å². The molecule has 2 fully saturated rings. The second-order valence-corrected chi connectivity index (χ2v) is 4.28. The quantitative estimate of drug-likeness (QED) is 0.687. The minimum Gasteiger partial charge on any atom is -0.377 e. The molecule has 2 nitrogen and oxygen atoms in total. The molecule has 2 rings (SSSR count). The molecule has 1 aliphatic heterocycles. The first-order chi connectivity index (χ1) is 5.86. The van der Waals surface area contributed by atoms with Gasteiger partial charge >= 0.3 is 0 Å². The maximum absolute atomic E-state index is 5.60. The average molecular weight is 169 g/mol. The van der Waals surface area contributed by atoms with Crippen molar-refractivity contribution in [1.82, 2.24) is 5.32 Å². The van der Waals surface area contributed by atoms with Gasteiger partial charge in [-0.3, -0.25) is 0 Å². The molecule has 12 heavy (non-hydrogen) atoms. The third-order valence-electron chi connectivity index (χ3n) is 3.02. The van der Waals surface area contributed by atoms with Crippen LogP contribution < -0.4 is 5.32 Å². The van der Waals surface area contributed by atoms with Crippen molar-refractivity contribution in [2.24, 2.45) is 11.8 Å². The van der Waals surface area contributed by atoms with Gasteiger partial charge in [-0.2, -0.15) is 0 Å². The van der Waals surface area contributed by atoms with Crippen LogP contribution in [0.15, 0.2) is 0 Å². The highest BCUT2D eigenvalue weighted by Crippen LogP contribution is 2.27. The molecule has 0 bridgehead atoms. The van der Waals surface area contributed by atoms with E-state index in [0.29, 0.717) is 6.10 Å². The molecule has 1 aliphatic carbocycles. The monoisotopic (exact) mass is 169 g/mol. The Hall–Kier alpha value is -0.0800. The zero-order valence-corrected chi connectivity index (χ0v) is 7.88. The largest absolute Gasteiger partial charge is 0.377 e. The molecule has 2 unspecified atom stereocenters. The van der Waals surface area contributed by atoms with Gasteiger partial charge in [-0.05, 0) is 37.6 Å². The van der Waals surface area contributed by atoms with E-state index in [2.05, 4.69) is 12.2 Å². The third-order valence-corrected chi connectivity index (χ3v) is 3.02. The molecule has 2 aliphatic rings. The molecule has 1 heterocycles. The van der Waals surface area contributed by atoms with E-state index in [4.69, 9.17) is 4.74 Å². The SMILES string of the molecule is CC1CCOC1CNCC1CC1. The smallest absolute Gasteiger partial charge is 0.0725 e. The Bertz CT molecular complexity index is 145. The highest BCUT2D eigenvalue weighted by atomic mass is 16.5. The Kier molecular flexibility index (Phi) is 2.66. The summed E-state index contributed by atoms with van der Waals surface area (Å²) in [5.41, 5.74) is 0. The Labute approximate surface area is 74.7 Å². The van der Waals surface area contributed by atoms with Crippen LogP contribution in [0.4, 0.5) is 0 Å². The van der Waals surface area contributed by atoms with E-state index >= 15 is 0 Å². The molecular weight excluding hydrogens is 150 g/mol. The summed E-state index contributed by atoms with van der Waals surface area (Å²) in [6.07, 6.45) is 4.61. The minimum absolute atomic E-state index is 0.490. The summed E-state index contributed by atoms with van der Waals surface area (Å²) in [4.78, 5) is 0. The number of hydrogen-bond acceptors (Lipinski definition) is 2. The Morgan fingerprint density at radius 2 is 2.08 bits per heavy atom. The van der Waals surface area contributed by atoms with E-state index in [9.17, 15) is 0 Å². The van der Waals surface area contributed by atoms with Crippen molar-refractivity contribution >= 4 is 0 Å². The molecule has 0 aromatic carbocycles. The first-order valence-corrected chi connectivity index (χ1v) is 5.18. The fourth-order valence-electron chi connectivity index (χ4n) is 1.77. The lowest BCUT2D eigenvalue weighted by Gasteiger charge is -2.14. The molecule has 2 atom stereocenters. The van der Waals surface area contributed by atoms with Gasteiger partial charge in [0.2, 0.25) is 0 Å². The zero-order chi connectivity index (χ0) is 8.39. The summed E-state index contributed by atoms with van der Waals surface area (Å²) in [6.45, 7) is 5.54. The predicted molar refractivity (Wildman–Crippen MR) is 49.1 cm³/mol. The van der Waals surface area contributed by atoms with Gasteiger partial charge in [0.25, 0.3) is 0 Å². The summed E-state index contributed by atoms with van der Waals surface area (Å²) >= 11 is 0. The van der Waals surface area contributed by atoms with Crippen LogP contribution in [0.2, 0.25) is 0 Å². The van der Waals surface area contributed by atoms with Crippen molar-refractivity contribution in [1.29, 1.82) is 0 Å². The predicted octanol–water partition coefficient (Wildman–Crippen LogP) is 1.41. The Morgan fingerprint density at radius 1 is 1.25 bits per heavy atom. The maximum atomic E-state index is 5.60. The highest BCUT2D eigenvalue weighted by molar-refractivity contribution is 4.79. The van der Waals surface area contributed by atoms with Crippen molar-refractivity contribution < 1.29 is 4.74 Å². The topological polar surface area (TPSA) is 21.3 Å². The number of nitrogens with one attached hydrogen (secondary N) is 1. The lowest BCUT2D eigenvalue weighted by Crippen LogP contribution is -2.31. The lowest BCUT2D eigenvalue weighted by molar-refractivity contribution is 0.0933. The Morgan fingerprint density at radius 3 is 2.67 bits per heavy atom. The molecule has 1 saturated carbocycles. The van der Waals surface area contributed by atoms with Crippen LogP contribution in [0.5, 0.6) is 0 Å². The molecule has 1 saturated heterocycles. The minimum atomic E-state index is 0.490. The lowest BCUT2D eigenvalue weighted by atomic mass is 10.0. The van der Waals surface area contributed by atoms with Crippen molar-refractivity contribution in [3.8, 4) is 0 Å². The molecule has 70 valence electrons. The van der Waals surface area contributed by atoms with E-state index in [1.807, 2.05) is 0 Å². The molecular formula is C10H19NO. The van der Waals surface area contributed by atoms with Crippen LogP contribution in [-0.2, 0) is 4.74 Å². The second-order valence-electron chi connectivity index (χ2n) is 4.28. The van der Waals surface area contributed by atoms with E-state index in [1.54, 1.807) is 0 Å². The number of rotatable bonds is 4. The zero-order valence-electron chi connectivity index (χ0n) is 7.88. The highest BCUT2D eigenvalue weighted by Gasteiger charge is 2.25. The van der Waals surface area contributed by atoms with E-state index in [0.717, 1.165) is 25.0 Å². The number of hydrogen-bond donors (Lipinski definition) is 1.